The predicted octanol–water partition coefficient (Wildman–Crippen LogP) is 2.76. The van der Waals surface area contributed by atoms with Gasteiger partial charge in [-0.15, -0.1) is 0 Å². The summed E-state index contributed by atoms with van der Waals surface area (Å²) in [6.07, 6.45) is 1.56. The maximum atomic E-state index is 13.4. The molecule has 2 aromatic rings. The number of halogens is 2. The van der Waals surface area contributed by atoms with Gasteiger partial charge in [0.1, 0.15) is 11.6 Å². The molecule has 0 saturated carbocycles. The van der Waals surface area contributed by atoms with E-state index in [1.54, 1.807) is 24.4 Å². The SMILES string of the molecule is Fc1cccc(Cl)c1CNCc1ccno1. The lowest BCUT2D eigenvalue weighted by molar-refractivity contribution is 0.372. The van der Waals surface area contributed by atoms with Crippen LogP contribution in [0.25, 0.3) is 0 Å². The highest BCUT2D eigenvalue weighted by atomic mass is 35.5. The van der Waals surface area contributed by atoms with Crippen LogP contribution in [0.3, 0.4) is 0 Å². The van der Waals surface area contributed by atoms with Gasteiger partial charge in [-0.3, -0.25) is 0 Å². The predicted molar refractivity (Wildman–Crippen MR) is 58.5 cm³/mol. The molecule has 0 fully saturated rings. The van der Waals surface area contributed by atoms with Crippen LogP contribution in [0.15, 0.2) is 35.0 Å². The first-order chi connectivity index (χ1) is 7.77. The van der Waals surface area contributed by atoms with Gasteiger partial charge in [-0.25, -0.2) is 4.39 Å². The standard InChI is InChI=1S/C11H10ClFN2O/c12-10-2-1-3-11(13)9(10)7-14-6-8-4-5-15-16-8/h1-5,14H,6-7H2. The van der Waals surface area contributed by atoms with Crippen LogP contribution in [0.5, 0.6) is 0 Å². The second-order valence-electron chi connectivity index (χ2n) is 3.28. The molecule has 0 aliphatic rings. The first-order valence-electron chi connectivity index (χ1n) is 4.80. The van der Waals surface area contributed by atoms with Crippen molar-refractivity contribution >= 4 is 11.6 Å². The van der Waals surface area contributed by atoms with Gasteiger partial charge in [0, 0.05) is 23.2 Å². The molecular weight excluding hydrogens is 231 g/mol. The molecule has 1 aromatic heterocycles. The van der Waals surface area contributed by atoms with Gasteiger partial charge in [-0.05, 0) is 12.1 Å². The van der Waals surface area contributed by atoms with E-state index in [2.05, 4.69) is 10.5 Å². The van der Waals surface area contributed by atoms with Crippen molar-refractivity contribution in [3.05, 3.63) is 52.6 Å². The van der Waals surface area contributed by atoms with Gasteiger partial charge in [0.05, 0.1) is 12.7 Å². The monoisotopic (exact) mass is 240 g/mol. The second kappa shape index (κ2) is 5.09. The van der Waals surface area contributed by atoms with Crippen LogP contribution < -0.4 is 5.32 Å². The molecule has 2 rings (SSSR count). The van der Waals surface area contributed by atoms with Gasteiger partial charge < -0.3 is 9.84 Å². The van der Waals surface area contributed by atoms with E-state index in [1.165, 1.54) is 6.07 Å². The Bertz CT molecular complexity index is 439. The van der Waals surface area contributed by atoms with Crippen LogP contribution in [0.2, 0.25) is 5.02 Å². The number of rotatable bonds is 4. The third-order valence-electron chi connectivity index (χ3n) is 2.15. The number of nitrogens with one attached hydrogen (secondary N) is 1. The zero-order chi connectivity index (χ0) is 11.4. The Morgan fingerprint density at radius 3 is 2.88 bits per heavy atom. The van der Waals surface area contributed by atoms with Crippen LogP contribution in [-0.2, 0) is 13.1 Å². The molecule has 3 nitrogen and oxygen atoms in total. The number of benzene rings is 1. The van der Waals surface area contributed by atoms with Crippen LogP contribution in [0.1, 0.15) is 11.3 Å². The van der Waals surface area contributed by atoms with E-state index >= 15 is 0 Å². The fourth-order valence-electron chi connectivity index (χ4n) is 1.35. The summed E-state index contributed by atoms with van der Waals surface area (Å²) in [6, 6.07) is 6.38. The lowest BCUT2D eigenvalue weighted by Gasteiger charge is -2.06. The molecule has 0 unspecified atom stereocenters. The summed E-state index contributed by atoms with van der Waals surface area (Å²) in [5, 5.41) is 7.02. The Morgan fingerprint density at radius 1 is 1.31 bits per heavy atom. The highest BCUT2D eigenvalue weighted by Gasteiger charge is 2.06. The van der Waals surface area contributed by atoms with Gasteiger partial charge in [0.25, 0.3) is 0 Å². The summed E-state index contributed by atoms with van der Waals surface area (Å²) in [6.45, 7) is 0.844. The average Bonchev–Trinajstić information content (AvgIpc) is 2.75. The van der Waals surface area contributed by atoms with Crippen molar-refractivity contribution in [1.29, 1.82) is 0 Å². The van der Waals surface area contributed by atoms with E-state index in [0.717, 1.165) is 0 Å². The number of hydrogen-bond acceptors (Lipinski definition) is 3. The zero-order valence-electron chi connectivity index (χ0n) is 8.41. The quantitative estimate of drug-likeness (QED) is 0.893. The van der Waals surface area contributed by atoms with Gasteiger partial charge in [0.15, 0.2) is 0 Å². The maximum absolute atomic E-state index is 13.4. The minimum absolute atomic E-state index is 0.308. The molecule has 0 atom stereocenters. The van der Waals surface area contributed by atoms with Crippen LogP contribution >= 0.6 is 11.6 Å². The van der Waals surface area contributed by atoms with Crippen molar-refractivity contribution in [2.24, 2.45) is 0 Å². The minimum atomic E-state index is -0.308. The zero-order valence-corrected chi connectivity index (χ0v) is 9.17. The summed E-state index contributed by atoms with van der Waals surface area (Å²) in [4.78, 5) is 0. The molecule has 1 aromatic carbocycles. The summed E-state index contributed by atoms with van der Waals surface area (Å²) in [5.74, 6) is 0.394. The number of nitrogens with zero attached hydrogens (tertiary/aromatic N) is 1. The first kappa shape index (κ1) is 11.1. The van der Waals surface area contributed by atoms with E-state index in [4.69, 9.17) is 16.1 Å². The Kier molecular flexibility index (Phi) is 3.54. The number of aromatic nitrogens is 1. The summed E-state index contributed by atoms with van der Waals surface area (Å²) < 4.78 is 18.2. The van der Waals surface area contributed by atoms with Gasteiger partial charge in [-0.2, -0.15) is 0 Å². The molecule has 0 saturated heterocycles. The van der Waals surface area contributed by atoms with Gasteiger partial charge in [-0.1, -0.05) is 22.8 Å². The topological polar surface area (TPSA) is 38.1 Å². The highest BCUT2D eigenvalue weighted by Crippen LogP contribution is 2.18. The first-order valence-corrected chi connectivity index (χ1v) is 5.18. The molecule has 0 radical (unpaired) electrons. The van der Waals surface area contributed by atoms with E-state index in [9.17, 15) is 4.39 Å². The molecule has 84 valence electrons. The fraction of sp³-hybridized carbons (Fsp3) is 0.182. The second-order valence-corrected chi connectivity index (χ2v) is 3.69. The lowest BCUT2D eigenvalue weighted by Crippen LogP contribution is -2.13. The molecule has 5 heteroatoms. The van der Waals surface area contributed by atoms with Crippen molar-refractivity contribution in [1.82, 2.24) is 10.5 Å². The number of hydrogen-bond donors (Lipinski definition) is 1. The smallest absolute Gasteiger partial charge is 0.150 e. The molecule has 0 amide bonds. The maximum Gasteiger partial charge on any atom is 0.150 e. The Morgan fingerprint density at radius 2 is 2.19 bits per heavy atom. The minimum Gasteiger partial charge on any atom is -0.360 e. The summed E-state index contributed by atoms with van der Waals surface area (Å²) >= 11 is 5.87. The molecule has 0 spiro atoms. The summed E-state index contributed by atoms with van der Waals surface area (Å²) in [5.41, 5.74) is 0.462. The van der Waals surface area contributed by atoms with E-state index in [0.29, 0.717) is 29.4 Å². The van der Waals surface area contributed by atoms with E-state index < -0.39 is 0 Å². The lowest BCUT2D eigenvalue weighted by atomic mass is 10.2. The molecule has 0 bridgehead atoms. The van der Waals surface area contributed by atoms with Crippen molar-refractivity contribution in [2.75, 3.05) is 0 Å². The molecule has 0 aliphatic carbocycles. The third-order valence-corrected chi connectivity index (χ3v) is 2.51. The van der Waals surface area contributed by atoms with Gasteiger partial charge >= 0.3 is 0 Å². The normalized spacial score (nSPS) is 10.6. The highest BCUT2D eigenvalue weighted by molar-refractivity contribution is 6.31. The molecule has 1 heterocycles. The third kappa shape index (κ3) is 2.59. The van der Waals surface area contributed by atoms with Crippen molar-refractivity contribution in [2.45, 2.75) is 13.1 Å². The van der Waals surface area contributed by atoms with E-state index in [1.807, 2.05) is 0 Å². The Labute approximate surface area is 97.2 Å². The van der Waals surface area contributed by atoms with E-state index in [-0.39, 0.29) is 5.82 Å². The van der Waals surface area contributed by atoms with Crippen molar-refractivity contribution in [3.8, 4) is 0 Å². The van der Waals surface area contributed by atoms with Crippen LogP contribution in [0.4, 0.5) is 4.39 Å². The van der Waals surface area contributed by atoms with Crippen LogP contribution in [0, 0.1) is 5.82 Å². The molecule has 0 aliphatic heterocycles. The Balaban J connectivity index is 1.95. The molecule has 16 heavy (non-hydrogen) atoms. The van der Waals surface area contributed by atoms with Crippen molar-refractivity contribution < 1.29 is 8.91 Å². The van der Waals surface area contributed by atoms with Crippen molar-refractivity contribution in [3.63, 3.8) is 0 Å². The molecular formula is C11H10ClFN2O. The molecule has 1 N–H and O–H groups in total. The average molecular weight is 241 g/mol. The fourth-order valence-corrected chi connectivity index (χ4v) is 1.58. The largest absolute Gasteiger partial charge is 0.360 e. The van der Waals surface area contributed by atoms with Gasteiger partial charge in [0.2, 0.25) is 0 Å². The summed E-state index contributed by atoms with van der Waals surface area (Å²) in [7, 11) is 0. The van der Waals surface area contributed by atoms with Crippen LogP contribution in [-0.4, -0.2) is 5.16 Å². The Hall–Kier alpha value is -1.39.